The molecule has 1 aromatic heterocycles. The van der Waals surface area contributed by atoms with Crippen LogP contribution in [0.15, 0.2) is 0 Å². The van der Waals surface area contributed by atoms with Gasteiger partial charge in [-0.2, -0.15) is 5.10 Å². The number of anilines is 1. The van der Waals surface area contributed by atoms with Crippen LogP contribution in [-0.4, -0.2) is 22.6 Å². The van der Waals surface area contributed by atoms with Gasteiger partial charge in [-0.3, -0.25) is 9.89 Å². The van der Waals surface area contributed by atoms with Gasteiger partial charge >= 0.3 is 0 Å². The quantitative estimate of drug-likeness (QED) is 0.691. The molecule has 0 aliphatic carbocycles. The van der Waals surface area contributed by atoms with Gasteiger partial charge in [-0.25, -0.2) is 0 Å². The van der Waals surface area contributed by atoms with E-state index < -0.39 is 0 Å². The molecule has 0 bridgehead atoms. The molecule has 1 aromatic rings. The van der Waals surface area contributed by atoms with Crippen LogP contribution in [-0.2, 0) is 4.79 Å². The Morgan fingerprint density at radius 3 is 2.73 bits per heavy atom. The first-order valence-electron chi connectivity index (χ1n) is 5.08. The van der Waals surface area contributed by atoms with E-state index in [1.165, 1.54) is 0 Å². The van der Waals surface area contributed by atoms with E-state index in [-0.39, 0.29) is 11.8 Å². The second-order valence-corrected chi connectivity index (χ2v) is 3.78. The number of nitrogens with one attached hydrogen (secondary N) is 2. The Morgan fingerprint density at radius 1 is 1.60 bits per heavy atom. The molecule has 1 amide bonds. The molecule has 1 atom stereocenters. The van der Waals surface area contributed by atoms with Gasteiger partial charge in [0, 0.05) is 5.92 Å². The lowest BCUT2D eigenvalue weighted by Crippen LogP contribution is -2.23. The van der Waals surface area contributed by atoms with Crippen LogP contribution in [0.5, 0.6) is 0 Å². The first-order valence-corrected chi connectivity index (χ1v) is 5.08. The third-order valence-corrected chi connectivity index (χ3v) is 2.42. The molecule has 0 aliphatic rings. The molecule has 15 heavy (non-hydrogen) atoms. The number of rotatable bonds is 4. The van der Waals surface area contributed by atoms with E-state index in [4.69, 9.17) is 5.73 Å². The van der Waals surface area contributed by atoms with Gasteiger partial charge in [-0.1, -0.05) is 6.92 Å². The summed E-state index contributed by atoms with van der Waals surface area (Å²) in [6, 6.07) is 0. The molecule has 1 rings (SSSR count). The van der Waals surface area contributed by atoms with Crippen LogP contribution in [0.1, 0.15) is 24.7 Å². The molecule has 0 spiro atoms. The monoisotopic (exact) mass is 210 g/mol. The van der Waals surface area contributed by atoms with Gasteiger partial charge in [0.2, 0.25) is 5.91 Å². The number of aromatic nitrogens is 2. The van der Waals surface area contributed by atoms with Gasteiger partial charge in [-0.15, -0.1) is 0 Å². The highest BCUT2D eigenvalue weighted by atomic mass is 16.1. The largest absolute Gasteiger partial charge is 0.330 e. The van der Waals surface area contributed by atoms with E-state index in [0.29, 0.717) is 13.0 Å². The Labute approximate surface area is 89.4 Å². The van der Waals surface area contributed by atoms with Crippen LogP contribution < -0.4 is 11.1 Å². The van der Waals surface area contributed by atoms with Crippen LogP contribution in [0.4, 0.5) is 5.69 Å². The normalized spacial score (nSPS) is 12.5. The van der Waals surface area contributed by atoms with Crippen molar-refractivity contribution >= 4 is 11.6 Å². The molecule has 0 fully saturated rings. The number of aromatic amines is 1. The molecule has 0 saturated carbocycles. The highest BCUT2D eigenvalue weighted by Crippen LogP contribution is 2.17. The molecule has 0 radical (unpaired) electrons. The smallest absolute Gasteiger partial charge is 0.227 e. The van der Waals surface area contributed by atoms with Gasteiger partial charge in [0.15, 0.2) is 0 Å². The van der Waals surface area contributed by atoms with E-state index in [2.05, 4.69) is 15.5 Å². The maximum absolute atomic E-state index is 11.7. The van der Waals surface area contributed by atoms with Gasteiger partial charge < -0.3 is 11.1 Å². The third kappa shape index (κ3) is 2.79. The molecule has 4 N–H and O–H groups in total. The summed E-state index contributed by atoms with van der Waals surface area (Å²) in [6.45, 7) is 6.13. The van der Waals surface area contributed by atoms with Crippen molar-refractivity contribution in [3.63, 3.8) is 0 Å². The van der Waals surface area contributed by atoms with E-state index in [9.17, 15) is 4.79 Å². The Balaban J connectivity index is 2.66. The summed E-state index contributed by atoms with van der Waals surface area (Å²) in [5.41, 5.74) is 7.87. The SMILES string of the molecule is Cc1n[nH]c(C)c1NC(=O)C(C)CCN. The second-order valence-electron chi connectivity index (χ2n) is 3.78. The van der Waals surface area contributed by atoms with Gasteiger partial charge in [-0.05, 0) is 26.8 Å². The Kier molecular flexibility index (Phi) is 3.85. The molecule has 84 valence electrons. The third-order valence-electron chi connectivity index (χ3n) is 2.42. The van der Waals surface area contributed by atoms with Crippen molar-refractivity contribution in [3.05, 3.63) is 11.4 Å². The molecule has 0 aromatic carbocycles. The minimum Gasteiger partial charge on any atom is -0.330 e. The minimum absolute atomic E-state index is 0.00644. The highest BCUT2D eigenvalue weighted by molar-refractivity contribution is 5.93. The van der Waals surface area contributed by atoms with Crippen molar-refractivity contribution in [1.29, 1.82) is 0 Å². The number of H-pyrrole nitrogens is 1. The molecular formula is C10H18N4O. The molecule has 1 heterocycles. The number of carbonyl (C=O) groups excluding carboxylic acids is 1. The number of hydrogen-bond donors (Lipinski definition) is 3. The average Bonchev–Trinajstić information content (AvgIpc) is 2.49. The Hall–Kier alpha value is -1.36. The van der Waals surface area contributed by atoms with Gasteiger partial charge in [0.1, 0.15) is 0 Å². The first kappa shape index (κ1) is 11.7. The fraction of sp³-hybridized carbons (Fsp3) is 0.600. The maximum Gasteiger partial charge on any atom is 0.227 e. The Morgan fingerprint density at radius 2 is 2.27 bits per heavy atom. The molecule has 1 unspecified atom stereocenters. The average molecular weight is 210 g/mol. The molecule has 5 nitrogen and oxygen atoms in total. The lowest BCUT2D eigenvalue weighted by molar-refractivity contribution is -0.119. The fourth-order valence-corrected chi connectivity index (χ4v) is 1.36. The van der Waals surface area contributed by atoms with Crippen molar-refractivity contribution in [2.45, 2.75) is 27.2 Å². The number of hydrogen-bond acceptors (Lipinski definition) is 3. The number of carbonyl (C=O) groups is 1. The predicted molar refractivity (Wildman–Crippen MR) is 59.5 cm³/mol. The van der Waals surface area contributed by atoms with Crippen LogP contribution in [0.2, 0.25) is 0 Å². The summed E-state index contributed by atoms with van der Waals surface area (Å²) in [7, 11) is 0. The van der Waals surface area contributed by atoms with Gasteiger partial charge in [0.25, 0.3) is 0 Å². The van der Waals surface area contributed by atoms with Crippen LogP contribution in [0, 0.1) is 19.8 Å². The number of nitrogens with two attached hydrogens (primary N) is 1. The zero-order valence-corrected chi connectivity index (χ0v) is 9.42. The first-order chi connectivity index (χ1) is 7.06. The van der Waals surface area contributed by atoms with Crippen LogP contribution >= 0.6 is 0 Å². The van der Waals surface area contributed by atoms with Crippen molar-refractivity contribution in [2.75, 3.05) is 11.9 Å². The van der Waals surface area contributed by atoms with E-state index in [1.54, 1.807) is 0 Å². The summed E-state index contributed by atoms with van der Waals surface area (Å²) in [5.74, 6) is -0.0725. The summed E-state index contributed by atoms with van der Waals surface area (Å²) in [6.07, 6.45) is 0.696. The van der Waals surface area contributed by atoms with E-state index >= 15 is 0 Å². The molecule has 5 heteroatoms. The molecule has 0 saturated heterocycles. The summed E-state index contributed by atoms with van der Waals surface area (Å²) >= 11 is 0. The lowest BCUT2D eigenvalue weighted by Gasteiger charge is -2.10. The summed E-state index contributed by atoms with van der Waals surface area (Å²) < 4.78 is 0. The molecule has 0 aliphatic heterocycles. The zero-order chi connectivity index (χ0) is 11.4. The standard InChI is InChI=1S/C10H18N4O/c1-6(4-5-11)10(15)12-9-7(2)13-14-8(9)3/h6H,4-5,11H2,1-3H3,(H,12,15)(H,13,14). The van der Waals surface area contributed by atoms with Crippen molar-refractivity contribution in [3.8, 4) is 0 Å². The second kappa shape index (κ2) is 4.93. The predicted octanol–water partition coefficient (Wildman–Crippen LogP) is 0.950. The van der Waals surface area contributed by atoms with E-state index in [1.807, 2.05) is 20.8 Å². The van der Waals surface area contributed by atoms with Crippen molar-refractivity contribution in [1.82, 2.24) is 10.2 Å². The Bertz CT molecular complexity index is 326. The zero-order valence-electron chi connectivity index (χ0n) is 9.42. The number of amides is 1. The summed E-state index contributed by atoms with van der Waals surface area (Å²) in [5, 5.41) is 9.69. The van der Waals surface area contributed by atoms with Crippen molar-refractivity contribution < 1.29 is 4.79 Å². The van der Waals surface area contributed by atoms with Gasteiger partial charge in [0.05, 0.1) is 17.1 Å². The topological polar surface area (TPSA) is 83.8 Å². The molecular weight excluding hydrogens is 192 g/mol. The van der Waals surface area contributed by atoms with Crippen LogP contribution in [0.3, 0.4) is 0 Å². The van der Waals surface area contributed by atoms with Crippen molar-refractivity contribution in [2.24, 2.45) is 11.7 Å². The number of nitrogens with zero attached hydrogens (tertiary/aromatic N) is 1. The minimum atomic E-state index is -0.0660. The summed E-state index contributed by atoms with van der Waals surface area (Å²) in [4.78, 5) is 11.7. The van der Waals surface area contributed by atoms with Crippen LogP contribution in [0.25, 0.3) is 0 Å². The fourth-order valence-electron chi connectivity index (χ4n) is 1.36. The lowest BCUT2D eigenvalue weighted by atomic mass is 10.1. The highest BCUT2D eigenvalue weighted by Gasteiger charge is 2.15. The van der Waals surface area contributed by atoms with E-state index in [0.717, 1.165) is 17.1 Å². The maximum atomic E-state index is 11.7. The number of aryl methyl sites for hydroxylation is 2.